The van der Waals surface area contributed by atoms with Crippen molar-refractivity contribution in [3.8, 4) is 0 Å². The first-order chi connectivity index (χ1) is 13.7. The van der Waals surface area contributed by atoms with Crippen molar-refractivity contribution in [2.45, 2.75) is 34.6 Å². The fourth-order valence-electron chi connectivity index (χ4n) is 3.57. The van der Waals surface area contributed by atoms with Crippen LogP contribution in [0.1, 0.15) is 42.3 Å². The summed E-state index contributed by atoms with van der Waals surface area (Å²) in [7, 11) is 0. The first kappa shape index (κ1) is 20.9. The van der Waals surface area contributed by atoms with Gasteiger partial charge in [-0.15, -0.1) is 0 Å². The fraction of sp³-hybridized carbons (Fsp3) is 0.417. The number of anilines is 2. The van der Waals surface area contributed by atoms with Crippen LogP contribution >= 0.6 is 0 Å². The summed E-state index contributed by atoms with van der Waals surface area (Å²) in [5.74, 6) is 0.142. The van der Waals surface area contributed by atoms with Gasteiger partial charge in [-0.25, -0.2) is 0 Å². The molecule has 0 radical (unpaired) electrons. The van der Waals surface area contributed by atoms with Gasteiger partial charge in [0, 0.05) is 37.3 Å². The summed E-state index contributed by atoms with van der Waals surface area (Å²) in [6.07, 6.45) is 0. The number of hydrogen-bond acceptors (Lipinski definition) is 3. The number of piperazine rings is 1. The third-order valence-corrected chi connectivity index (χ3v) is 5.53. The summed E-state index contributed by atoms with van der Waals surface area (Å²) in [6.45, 7) is 12.2. The molecule has 2 aromatic carbocycles. The predicted molar refractivity (Wildman–Crippen MR) is 118 cm³/mol. The topological polar surface area (TPSA) is 52.7 Å². The van der Waals surface area contributed by atoms with Crippen LogP contribution in [-0.4, -0.2) is 47.8 Å². The smallest absolute Gasteiger partial charge is 0.256 e. The molecule has 1 N–H and O–H groups in total. The minimum absolute atomic E-state index is 0.00117. The maximum Gasteiger partial charge on any atom is 0.256 e. The van der Waals surface area contributed by atoms with Crippen LogP contribution in [0.2, 0.25) is 0 Å². The highest BCUT2D eigenvalue weighted by atomic mass is 16.2. The zero-order valence-electron chi connectivity index (χ0n) is 18.1. The van der Waals surface area contributed by atoms with E-state index in [2.05, 4.69) is 25.2 Å². The van der Waals surface area contributed by atoms with Crippen molar-refractivity contribution < 1.29 is 9.59 Å². The average Bonchev–Trinajstić information content (AvgIpc) is 2.70. The highest BCUT2D eigenvalue weighted by molar-refractivity contribution is 6.00. The first-order valence-electron chi connectivity index (χ1n) is 10.2. The summed E-state index contributed by atoms with van der Waals surface area (Å²) in [5, 5.41) is 3.44. The maximum absolute atomic E-state index is 13.2. The number of nitrogens with zero attached hydrogens (tertiary/aromatic N) is 2. The van der Waals surface area contributed by atoms with E-state index in [4.69, 9.17) is 0 Å². The van der Waals surface area contributed by atoms with E-state index in [-0.39, 0.29) is 11.8 Å². The molecule has 154 valence electrons. The van der Waals surface area contributed by atoms with Crippen LogP contribution < -0.4 is 5.32 Å². The highest BCUT2D eigenvalue weighted by Crippen LogP contribution is 2.26. The van der Waals surface area contributed by atoms with Crippen LogP contribution in [-0.2, 0) is 4.79 Å². The zero-order valence-corrected chi connectivity index (χ0v) is 18.1. The van der Waals surface area contributed by atoms with Gasteiger partial charge in [-0.05, 0) is 43.2 Å². The number of carbonyl (C=O) groups is 2. The molecule has 5 heteroatoms. The molecule has 29 heavy (non-hydrogen) atoms. The molecule has 2 amide bonds. The van der Waals surface area contributed by atoms with Crippen molar-refractivity contribution in [2.24, 2.45) is 5.41 Å². The van der Waals surface area contributed by atoms with Crippen molar-refractivity contribution >= 4 is 23.2 Å². The highest BCUT2D eigenvalue weighted by Gasteiger charge is 2.31. The SMILES string of the molecule is Cc1cccc(Nc2ccccc2C(=O)N2CCN(C(=O)C(C)(C)C)CC2)c1C. The Kier molecular flexibility index (Phi) is 5.96. The van der Waals surface area contributed by atoms with Gasteiger partial charge < -0.3 is 15.1 Å². The molecule has 1 fully saturated rings. The Morgan fingerprint density at radius 2 is 1.41 bits per heavy atom. The lowest BCUT2D eigenvalue weighted by Gasteiger charge is -2.37. The van der Waals surface area contributed by atoms with E-state index in [9.17, 15) is 9.59 Å². The normalized spacial score (nSPS) is 14.7. The molecule has 5 nitrogen and oxygen atoms in total. The molecule has 1 heterocycles. The van der Waals surface area contributed by atoms with Gasteiger partial charge in [-0.1, -0.05) is 45.0 Å². The Balaban J connectivity index is 1.74. The number of benzene rings is 2. The van der Waals surface area contributed by atoms with Gasteiger partial charge in [-0.2, -0.15) is 0 Å². The van der Waals surface area contributed by atoms with Crippen molar-refractivity contribution in [2.75, 3.05) is 31.5 Å². The molecule has 1 saturated heterocycles. The number of amides is 2. The average molecular weight is 394 g/mol. The molecule has 0 unspecified atom stereocenters. The van der Waals surface area contributed by atoms with Crippen molar-refractivity contribution in [3.05, 3.63) is 59.2 Å². The molecule has 0 atom stereocenters. The largest absolute Gasteiger partial charge is 0.355 e. The van der Waals surface area contributed by atoms with Crippen LogP contribution in [0.4, 0.5) is 11.4 Å². The Bertz CT molecular complexity index is 907. The molecule has 0 aromatic heterocycles. The van der Waals surface area contributed by atoms with Gasteiger partial charge in [0.1, 0.15) is 0 Å². The molecule has 0 aliphatic carbocycles. The number of rotatable bonds is 3. The van der Waals surface area contributed by atoms with Gasteiger partial charge >= 0.3 is 0 Å². The van der Waals surface area contributed by atoms with Crippen molar-refractivity contribution in [3.63, 3.8) is 0 Å². The Labute approximate surface area is 173 Å². The van der Waals surface area contributed by atoms with E-state index in [0.717, 1.165) is 11.4 Å². The lowest BCUT2D eigenvalue weighted by atomic mass is 9.94. The standard InChI is InChI=1S/C24H31N3O2/c1-17-9-8-12-20(18(17)2)25-21-11-7-6-10-19(21)22(28)26-13-15-27(16-14-26)23(29)24(3,4)5/h6-12,25H,13-16H2,1-5H3. The number of nitrogens with one attached hydrogen (secondary N) is 1. The molecular weight excluding hydrogens is 362 g/mol. The van der Waals surface area contributed by atoms with E-state index < -0.39 is 5.41 Å². The number of aryl methyl sites for hydroxylation is 1. The van der Waals surface area contributed by atoms with Crippen LogP contribution in [0.15, 0.2) is 42.5 Å². The molecular formula is C24H31N3O2. The third-order valence-electron chi connectivity index (χ3n) is 5.53. The second-order valence-electron chi connectivity index (χ2n) is 8.75. The second kappa shape index (κ2) is 8.27. The molecule has 2 aromatic rings. The number of carbonyl (C=O) groups excluding carboxylic acids is 2. The van der Waals surface area contributed by atoms with Crippen molar-refractivity contribution in [1.29, 1.82) is 0 Å². The van der Waals surface area contributed by atoms with E-state index >= 15 is 0 Å². The molecule has 3 rings (SSSR count). The van der Waals surface area contributed by atoms with Crippen LogP contribution in [0.25, 0.3) is 0 Å². The zero-order chi connectivity index (χ0) is 21.2. The van der Waals surface area contributed by atoms with E-state index in [1.54, 1.807) is 0 Å². The lowest BCUT2D eigenvalue weighted by Crippen LogP contribution is -2.53. The minimum atomic E-state index is -0.394. The van der Waals surface area contributed by atoms with Gasteiger partial charge in [0.05, 0.1) is 11.3 Å². The van der Waals surface area contributed by atoms with Gasteiger partial charge in [-0.3, -0.25) is 9.59 Å². The Morgan fingerprint density at radius 3 is 2.07 bits per heavy atom. The molecule has 0 bridgehead atoms. The number of para-hydroxylation sites is 1. The Morgan fingerprint density at radius 1 is 0.828 bits per heavy atom. The minimum Gasteiger partial charge on any atom is -0.355 e. The summed E-state index contributed by atoms with van der Waals surface area (Å²) in [5.41, 5.74) is 4.45. The first-order valence-corrected chi connectivity index (χ1v) is 10.2. The Hall–Kier alpha value is -2.82. The summed E-state index contributed by atoms with van der Waals surface area (Å²) in [6, 6.07) is 13.7. The van der Waals surface area contributed by atoms with Crippen molar-refractivity contribution in [1.82, 2.24) is 9.80 Å². The third kappa shape index (κ3) is 4.61. The van der Waals surface area contributed by atoms with Crippen LogP contribution in [0.5, 0.6) is 0 Å². The van der Waals surface area contributed by atoms with Crippen LogP contribution in [0, 0.1) is 19.3 Å². The predicted octanol–water partition coefficient (Wildman–Crippen LogP) is 4.38. The fourth-order valence-corrected chi connectivity index (χ4v) is 3.57. The monoisotopic (exact) mass is 393 g/mol. The van der Waals surface area contributed by atoms with Gasteiger partial charge in [0.2, 0.25) is 5.91 Å². The maximum atomic E-state index is 13.2. The quantitative estimate of drug-likeness (QED) is 0.842. The second-order valence-corrected chi connectivity index (χ2v) is 8.75. The van der Waals surface area contributed by atoms with E-state index in [0.29, 0.717) is 31.7 Å². The molecule has 1 aliphatic rings. The summed E-state index contributed by atoms with van der Waals surface area (Å²) >= 11 is 0. The van der Waals surface area contributed by atoms with Crippen LogP contribution in [0.3, 0.4) is 0 Å². The molecule has 0 spiro atoms. The van der Waals surface area contributed by atoms with Gasteiger partial charge in [0.25, 0.3) is 5.91 Å². The number of hydrogen-bond donors (Lipinski definition) is 1. The summed E-state index contributed by atoms with van der Waals surface area (Å²) < 4.78 is 0. The van der Waals surface area contributed by atoms with E-state index in [1.165, 1.54) is 11.1 Å². The van der Waals surface area contributed by atoms with Gasteiger partial charge in [0.15, 0.2) is 0 Å². The lowest BCUT2D eigenvalue weighted by molar-refractivity contribution is -0.140. The molecule has 0 saturated carbocycles. The van der Waals surface area contributed by atoms with E-state index in [1.807, 2.05) is 67.0 Å². The molecule has 1 aliphatic heterocycles. The summed E-state index contributed by atoms with van der Waals surface area (Å²) in [4.78, 5) is 29.4.